The van der Waals surface area contributed by atoms with Gasteiger partial charge in [-0.25, -0.2) is 0 Å². The largest absolute Gasteiger partial charge is 0.369 e. The average molecular weight is 566 g/mol. The number of carbonyl (C=O) groups excluding carboxylic acids is 3. The van der Waals surface area contributed by atoms with Gasteiger partial charge in [0, 0.05) is 55.5 Å². The highest BCUT2D eigenvalue weighted by Crippen LogP contribution is 2.39. The number of nitrogens with one attached hydrogen (secondary N) is 3. The van der Waals surface area contributed by atoms with Crippen LogP contribution in [0, 0.1) is 5.92 Å². The number of hydrogen-bond donors (Lipinski definition) is 3. The maximum absolute atomic E-state index is 13.3. The Labute approximate surface area is 244 Å². The minimum atomic E-state index is -0.587. The van der Waals surface area contributed by atoms with Gasteiger partial charge >= 0.3 is 0 Å². The molecule has 0 aliphatic carbocycles. The zero-order valence-corrected chi connectivity index (χ0v) is 23.4. The minimum Gasteiger partial charge on any atom is -0.369 e. The van der Waals surface area contributed by atoms with Crippen LogP contribution in [0.25, 0.3) is 6.08 Å². The quantitative estimate of drug-likeness (QED) is 0.396. The van der Waals surface area contributed by atoms with E-state index in [1.165, 1.54) is 6.08 Å². The SMILES string of the molecule is O=C(/C=C/c1ccccc1)Nc1cc(C(=O)NC2CCCCNC2=O)ccc1N1CC2CC(C1)c1cccc(=O)n1C2. The Hall–Kier alpha value is -4.66. The van der Waals surface area contributed by atoms with Crippen LogP contribution in [0.3, 0.4) is 0 Å². The smallest absolute Gasteiger partial charge is 0.252 e. The first kappa shape index (κ1) is 27.5. The Morgan fingerprint density at radius 2 is 1.79 bits per heavy atom. The van der Waals surface area contributed by atoms with E-state index in [1.54, 1.807) is 24.3 Å². The van der Waals surface area contributed by atoms with E-state index < -0.39 is 6.04 Å². The van der Waals surface area contributed by atoms with Gasteiger partial charge in [-0.1, -0.05) is 36.4 Å². The third-order valence-corrected chi connectivity index (χ3v) is 8.40. The molecule has 9 nitrogen and oxygen atoms in total. The fraction of sp³-hybridized carbons (Fsp3) is 0.333. The number of hydrogen-bond acceptors (Lipinski definition) is 5. The highest BCUT2D eigenvalue weighted by Gasteiger charge is 2.35. The lowest BCUT2D eigenvalue weighted by Gasteiger charge is -2.44. The van der Waals surface area contributed by atoms with Gasteiger partial charge in [0.15, 0.2) is 0 Å². The van der Waals surface area contributed by atoms with E-state index in [4.69, 9.17) is 0 Å². The van der Waals surface area contributed by atoms with E-state index in [0.717, 1.165) is 42.8 Å². The summed E-state index contributed by atoms with van der Waals surface area (Å²) in [5.74, 6) is -0.367. The molecule has 3 N–H and O–H groups in total. The van der Waals surface area contributed by atoms with Crippen LogP contribution in [-0.2, 0) is 16.1 Å². The van der Waals surface area contributed by atoms with E-state index in [-0.39, 0.29) is 35.1 Å². The van der Waals surface area contributed by atoms with Crippen LogP contribution in [0.15, 0.2) is 77.6 Å². The van der Waals surface area contributed by atoms with Gasteiger partial charge in [-0.3, -0.25) is 19.2 Å². The van der Waals surface area contributed by atoms with Gasteiger partial charge in [0.2, 0.25) is 11.8 Å². The summed E-state index contributed by atoms with van der Waals surface area (Å²) in [5, 5.41) is 8.74. The minimum absolute atomic E-state index is 0.0338. The third kappa shape index (κ3) is 6.00. The standard InChI is InChI=1S/C33H35N5O4/c39-30(15-12-22-7-2-1-3-8-22)35-27-18-24(32(41)36-26-9-4-5-16-34-33(26)42)13-14-29(27)37-19-23-17-25(21-37)28-10-6-11-31(40)38(28)20-23/h1-3,6-8,10-15,18,23,25-26H,4-5,9,16-17,19-21H2,(H,34,42)(H,35,39)(H,36,41)/b15-12+. The molecule has 1 aromatic heterocycles. The molecule has 42 heavy (non-hydrogen) atoms. The lowest BCUT2D eigenvalue weighted by Crippen LogP contribution is -2.47. The Bertz CT molecular complexity index is 1580. The molecule has 216 valence electrons. The molecule has 2 bridgehead atoms. The Balaban J connectivity index is 1.28. The van der Waals surface area contributed by atoms with Gasteiger partial charge in [0.1, 0.15) is 6.04 Å². The first-order chi connectivity index (χ1) is 20.4. The molecule has 6 rings (SSSR count). The van der Waals surface area contributed by atoms with Crippen LogP contribution in [0.5, 0.6) is 0 Å². The van der Waals surface area contributed by atoms with Crippen molar-refractivity contribution in [3.63, 3.8) is 0 Å². The Kier molecular flexibility index (Phi) is 7.90. The van der Waals surface area contributed by atoms with Gasteiger partial charge in [0.05, 0.1) is 11.4 Å². The highest BCUT2D eigenvalue weighted by molar-refractivity contribution is 6.06. The zero-order valence-electron chi connectivity index (χ0n) is 23.4. The molecule has 4 heterocycles. The van der Waals surface area contributed by atoms with Gasteiger partial charge in [-0.2, -0.15) is 0 Å². The van der Waals surface area contributed by atoms with E-state index in [0.29, 0.717) is 37.3 Å². The Morgan fingerprint density at radius 3 is 2.64 bits per heavy atom. The monoisotopic (exact) mass is 565 g/mol. The molecule has 2 fully saturated rings. The molecule has 0 spiro atoms. The van der Waals surface area contributed by atoms with Crippen molar-refractivity contribution in [2.75, 3.05) is 29.9 Å². The predicted molar refractivity (Wildman–Crippen MR) is 162 cm³/mol. The molecule has 3 aliphatic heterocycles. The molecule has 2 saturated heterocycles. The van der Waals surface area contributed by atoms with E-state index in [2.05, 4.69) is 20.9 Å². The second kappa shape index (κ2) is 12.1. The van der Waals surface area contributed by atoms with E-state index in [9.17, 15) is 19.2 Å². The van der Waals surface area contributed by atoms with Gasteiger partial charge in [0.25, 0.3) is 11.5 Å². The number of pyridine rings is 1. The number of nitrogens with zero attached hydrogens (tertiary/aromatic N) is 2. The number of anilines is 2. The van der Waals surface area contributed by atoms with Gasteiger partial charge in [-0.15, -0.1) is 0 Å². The first-order valence-corrected chi connectivity index (χ1v) is 14.7. The number of rotatable bonds is 6. The van der Waals surface area contributed by atoms with Crippen LogP contribution in [0.2, 0.25) is 0 Å². The van der Waals surface area contributed by atoms with E-state index >= 15 is 0 Å². The normalized spacial score (nSPS) is 21.7. The third-order valence-electron chi connectivity index (χ3n) is 8.40. The predicted octanol–water partition coefficient (Wildman–Crippen LogP) is 3.52. The average Bonchev–Trinajstić information content (AvgIpc) is 3.20. The van der Waals surface area contributed by atoms with Crippen LogP contribution in [0.4, 0.5) is 11.4 Å². The molecule has 3 atom stereocenters. The number of aromatic nitrogens is 1. The van der Waals surface area contributed by atoms with Crippen molar-refractivity contribution in [2.45, 2.75) is 44.2 Å². The summed E-state index contributed by atoms with van der Waals surface area (Å²) in [6.07, 6.45) is 6.56. The van der Waals surface area contributed by atoms with Crippen molar-refractivity contribution in [1.82, 2.24) is 15.2 Å². The maximum atomic E-state index is 13.3. The van der Waals surface area contributed by atoms with Crippen molar-refractivity contribution in [3.8, 4) is 0 Å². The molecular weight excluding hydrogens is 530 g/mol. The van der Waals surface area contributed by atoms with Crippen molar-refractivity contribution < 1.29 is 14.4 Å². The van der Waals surface area contributed by atoms with Gasteiger partial charge in [-0.05, 0) is 67.5 Å². The molecule has 3 aliphatic rings. The number of carbonyl (C=O) groups is 3. The molecule has 9 heteroatoms. The van der Waals surface area contributed by atoms with Crippen molar-refractivity contribution in [3.05, 3.63) is 100.0 Å². The second-order valence-corrected chi connectivity index (χ2v) is 11.4. The summed E-state index contributed by atoms with van der Waals surface area (Å²) in [6, 6.07) is 19.8. The summed E-state index contributed by atoms with van der Waals surface area (Å²) in [6.45, 7) is 2.70. The van der Waals surface area contributed by atoms with Crippen LogP contribution in [0.1, 0.15) is 53.2 Å². The molecular formula is C33H35N5O4. The molecule has 0 radical (unpaired) electrons. The highest BCUT2D eigenvalue weighted by atomic mass is 16.2. The summed E-state index contributed by atoms with van der Waals surface area (Å²) < 4.78 is 1.89. The molecule has 3 amide bonds. The first-order valence-electron chi connectivity index (χ1n) is 14.7. The topological polar surface area (TPSA) is 113 Å². The summed E-state index contributed by atoms with van der Waals surface area (Å²) in [5.41, 5.74) is 3.69. The maximum Gasteiger partial charge on any atom is 0.252 e. The number of benzene rings is 2. The molecule has 3 aromatic rings. The second-order valence-electron chi connectivity index (χ2n) is 11.4. The molecule has 2 aromatic carbocycles. The van der Waals surface area contributed by atoms with Crippen molar-refractivity contribution >= 4 is 35.2 Å². The summed E-state index contributed by atoms with van der Waals surface area (Å²) in [4.78, 5) is 53.5. The summed E-state index contributed by atoms with van der Waals surface area (Å²) in [7, 11) is 0. The lowest BCUT2D eigenvalue weighted by atomic mass is 9.83. The van der Waals surface area contributed by atoms with Crippen LogP contribution in [-0.4, -0.2) is 48.0 Å². The fourth-order valence-corrected chi connectivity index (χ4v) is 6.38. The van der Waals surface area contributed by atoms with Crippen molar-refractivity contribution in [1.29, 1.82) is 0 Å². The van der Waals surface area contributed by atoms with E-state index in [1.807, 2.05) is 53.1 Å². The zero-order chi connectivity index (χ0) is 29.1. The number of amides is 3. The van der Waals surface area contributed by atoms with Crippen molar-refractivity contribution in [2.24, 2.45) is 5.92 Å². The number of fused-ring (bicyclic) bond motifs is 4. The van der Waals surface area contributed by atoms with Crippen LogP contribution < -0.4 is 26.4 Å². The number of piperidine rings is 1. The van der Waals surface area contributed by atoms with Crippen LogP contribution >= 0.6 is 0 Å². The summed E-state index contributed by atoms with van der Waals surface area (Å²) >= 11 is 0. The Morgan fingerprint density at radius 1 is 0.929 bits per heavy atom. The molecule has 3 unspecified atom stereocenters. The lowest BCUT2D eigenvalue weighted by molar-refractivity contribution is -0.122. The van der Waals surface area contributed by atoms with Gasteiger partial charge < -0.3 is 25.4 Å². The molecule has 0 saturated carbocycles. The fourth-order valence-electron chi connectivity index (χ4n) is 6.38.